The maximum atomic E-state index is 5.48. The predicted octanol–water partition coefficient (Wildman–Crippen LogP) is 1.87. The first-order valence-corrected chi connectivity index (χ1v) is 7.19. The molecular weight excluding hydrogens is 212 g/mol. The fourth-order valence-electron chi connectivity index (χ4n) is 3.40. The number of likely N-dealkylation sites (tertiary alicyclic amines) is 1. The Morgan fingerprint density at radius 3 is 2.71 bits per heavy atom. The molecule has 0 radical (unpaired) electrons. The molecule has 0 amide bonds. The molecule has 1 N–H and O–H groups in total. The van der Waals surface area contributed by atoms with Crippen molar-refractivity contribution in [2.45, 2.75) is 57.7 Å². The zero-order chi connectivity index (χ0) is 12.3. The third-order valence-electron chi connectivity index (χ3n) is 4.52. The van der Waals surface area contributed by atoms with Crippen molar-refractivity contribution in [1.29, 1.82) is 0 Å². The average molecular weight is 240 g/mol. The van der Waals surface area contributed by atoms with Crippen LogP contribution in [0.2, 0.25) is 0 Å². The minimum Gasteiger partial charge on any atom is -0.381 e. The molecular formula is C14H28N2O. The van der Waals surface area contributed by atoms with Crippen LogP contribution >= 0.6 is 0 Å². The minimum absolute atomic E-state index is 0.494. The molecule has 3 nitrogen and oxygen atoms in total. The SMILES string of the molecule is COC1CCN(CC2CCNC(C)C2)C(C)C1. The van der Waals surface area contributed by atoms with E-state index in [2.05, 4.69) is 24.1 Å². The molecule has 0 spiro atoms. The van der Waals surface area contributed by atoms with Crippen molar-refractivity contribution in [1.82, 2.24) is 10.2 Å². The van der Waals surface area contributed by atoms with Gasteiger partial charge in [0.1, 0.15) is 0 Å². The van der Waals surface area contributed by atoms with Crippen LogP contribution in [0.15, 0.2) is 0 Å². The fraction of sp³-hybridized carbons (Fsp3) is 1.00. The molecule has 2 aliphatic heterocycles. The second-order valence-corrected chi connectivity index (χ2v) is 5.97. The lowest BCUT2D eigenvalue weighted by molar-refractivity contribution is 0.00796. The summed E-state index contributed by atoms with van der Waals surface area (Å²) >= 11 is 0. The highest BCUT2D eigenvalue weighted by molar-refractivity contribution is 4.83. The molecule has 2 aliphatic rings. The van der Waals surface area contributed by atoms with Crippen LogP contribution < -0.4 is 5.32 Å². The quantitative estimate of drug-likeness (QED) is 0.815. The first-order chi connectivity index (χ1) is 8.19. The summed E-state index contributed by atoms with van der Waals surface area (Å²) in [6, 6.07) is 1.40. The Hall–Kier alpha value is -0.120. The average Bonchev–Trinajstić information content (AvgIpc) is 2.32. The lowest BCUT2D eigenvalue weighted by atomic mass is 9.91. The van der Waals surface area contributed by atoms with E-state index in [4.69, 9.17) is 4.74 Å². The van der Waals surface area contributed by atoms with Crippen molar-refractivity contribution >= 4 is 0 Å². The smallest absolute Gasteiger partial charge is 0.0598 e. The van der Waals surface area contributed by atoms with Gasteiger partial charge in [-0.05, 0) is 52.0 Å². The summed E-state index contributed by atoms with van der Waals surface area (Å²) in [6.45, 7) is 8.39. The Morgan fingerprint density at radius 1 is 1.24 bits per heavy atom. The zero-order valence-corrected chi connectivity index (χ0v) is 11.6. The molecule has 0 bridgehead atoms. The molecule has 4 atom stereocenters. The van der Waals surface area contributed by atoms with Crippen LogP contribution in [-0.2, 0) is 4.74 Å². The molecule has 0 aliphatic carbocycles. The molecule has 3 heteroatoms. The number of rotatable bonds is 3. The summed E-state index contributed by atoms with van der Waals surface area (Å²) in [5, 5.41) is 3.54. The Balaban J connectivity index is 1.78. The topological polar surface area (TPSA) is 24.5 Å². The summed E-state index contributed by atoms with van der Waals surface area (Å²) in [4.78, 5) is 2.68. The van der Waals surface area contributed by atoms with Gasteiger partial charge in [-0.15, -0.1) is 0 Å². The molecule has 2 heterocycles. The van der Waals surface area contributed by atoms with Crippen LogP contribution in [0.4, 0.5) is 0 Å². The first kappa shape index (κ1) is 13.3. The van der Waals surface area contributed by atoms with Crippen LogP contribution in [0.5, 0.6) is 0 Å². The summed E-state index contributed by atoms with van der Waals surface area (Å²) in [5.74, 6) is 0.896. The molecule has 0 saturated carbocycles. The first-order valence-electron chi connectivity index (χ1n) is 7.19. The van der Waals surface area contributed by atoms with Gasteiger partial charge in [0.2, 0.25) is 0 Å². The highest BCUT2D eigenvalue weighted by atomic mass is 16.5. The van der Waals surface area contributed by atoms with Crippen LogP contribution in [0.1, 0.15) is 39.5 Å². The van der Waals surface area contributed by atoms with Crippen LogP contribution in [0, 0.1) is 5.92 Å². The van der Waals surface area contributed by atoms with Gasteiger partial charge in [0.05, 0.1) is 6.10 Å². The lowest BCUT2D eigenvalue weighted by Crippen LogP contribution is -2.47. The zero-order valence-electron chi connectivity index (χ0n) is 11.6. The highest BCUT2D eigenvalue weighted by Crippen LogP contribution is 2.24. The van der Waals surface area contributed by atoms with E-state index in [-0.39, 0.29) is 0 Å². The van der Waals surface area contributed by atoms with Crippen molar-refractivity contribution in [2.75, 3.05) is 26.7 Å². The Bertz CT molecular complexity index is 234. The van der Waals surface area contributed by atoms with Crippen LogP contribution in [0.3, 0.4) is 0 Å². The third kappa shape index (κ3) is 3.67. The Morgan fingerprint density at radius 2 is 2.06 bits per heavy atom. The fourth-order valence-corrected chi connectivity index (χ4v) is 3.40. The number of piperidine rings is 2. The molecule has 0 aromatic rings. The standard InChI is InChI=1S/C14H28N2O/c1-11-8-13(4-6-15-11)10-16-7-5-14(17-3)9-12(16)2/h11-15H,4-10H2,1-3H3. The lowest BCUT2D eigenvalue weighted by Gasteiger charge is -2.40. The Kier molecular flexibility index (Phi) is 4.83. The predicted molar refractivity (Wildman–Crippen MR) is 71.3 cm³/mol. The van der Waals surface area contributed by atoms with Crippen molar-refractivity contribution in [3.8, 4) is 0 Å². The number of ether oxygens (including phenoxy) is 1. The van der Waals surface area contributed by atoms with Gasteiger partial charge in [-0.3, -0.25) is 0 Å². The molecule has 2 rings (SSSR count). The van der Waals surface area contributed by atoms with Crippen molar-refractivity contribution in [3.63, 3.8) is 0 Å². The van der Waals surface area contributed by atoms with Crippen molar-refractivity contribution in [2.24, 2.45) is 5.92 Å². The normalized spacial score (nSPS) is 40.4. The van der Waals surface area contributed by atoms with Gasteiger partial charge in [0.15, 0.2) is 0 Å². The monoisotopic (exact) mass is 240 g/mol. The van der Waals surface area contributed by atoms with E-state index in [9.17, 15) is 0 Å². The second kappa shape index (κ2) is 6.17. The third-order valence-corrected chi connectivity index (χ3v) is 4.52. The number of methoxy groups -OCH3 is 1. The summed E-state index contributed by atoms with van der Waals surface area (Å²) in [6.07, 6.45) is 5.60. The van der Waals surface area contributed by atoms with E-state index >= 15 is 0 Å². The van der Waals surface area contributed by atoms with E-state index in [1.165, 1.54) is 45.3 Å². The molecule has 17 heavy (non-hydrogen) atoms. The minimum atomic E-state index is 0.494. The summed E-state index contributed by atoms with van der Waals surface area (Å²) < 4.78 is 5.48. The van der Waals surface area contributed by atoms with Gasteiger partial charge >= 0.3 is 0 Å². The maximum absolute atomic E-state index is 5.48. The van der Waals surface area contributed by atoms with E-state index in [1.54, 1.807) is 0 Å². The summed E-state index contributed by atoms with van der Waals surface area (Å²) in [7, 11) is 1.85. The molecule has 0 aromatic heterocycles. The molecule has 4 unspecified atom stereocenters. The van der Waals surface area contributed by atoms with Gasteiger partial charge in [0, 0.05) is 32.3 Å². The van der Waals surface area contributed by atoms with Gasteiger partial charge in [-0.1, -0.05) is 0 Å². The van der Waals surface area contributed by atoms with Gasteiger partial charge in [-0.25, -0.2) is 0 Å². The van der Waals surface area contributed by atoms with Crippen molar-refractivity contribution in [3.05, 3.63) is 0 Å². The number of hydrogen-bond donors (Lipinski definition) is 1. The van der Waals surface area contributed by atoms with Gasteiger partial charge < -0.3 is 15.0 Å². The number of hydrogen-bond acceptors (Lipinski definition) is 3. The van der Waals surface area contributed by atoms with Crippen molar-refractivity contribution < 1.29 is 4.74 Å². The largest absolute Gasteiger partial charge is 0.381 e. The van der Waals surface area contributed by atoms with Crippen LogP contribution in [-0.4, -0.2) is 49.8 Å². The van der Waals surface area contributed by atoms with E-state index in [0.717, 1.165) is 5.92 Å². The number of nitrogens with one attached hydrogen (secondary N) is 1. The van der Waals surface area contributed by atoms with E-state index < -0.39 is 0 Å². The molecule has 2 saturated heterocycles. The summed E-state index contributed by atoms with van der Waals surface area (Å²) in [5.41, 5.74) is 0. The van der Waals surface area contributed by atoms with E-state index in [1.807, 2.05) is 7.11 Å². The van der Waals surface area contributed by atoms with E-state index in [0.29, 0.717) is 18.2 Å². The second-order valence-electron chi connectivity index (χ2n) is 5.97. The molecule has 2 fully saturated rings. The van der Waals surface area contributed by atoms with Crippen LogP contribution in [0.25, 0.3) is 0 Å². The van der Waals surface area contributed by atoms with Gasteiger partial charge in [-0.2, -0.15) is 0 Å². The Labute approximate surface area is 106 Å². The van der Waals surface area contributed by atoms with Gasteiger partial charge in [0.25, 0.3) is 0 Å². The molecule has 100 valence electrons. The molecule has 0 aromatic carbocycles. The highest BCUT2D eigenvalue weighted by Gasteiger charge is 2.28. The number of nitrogens with zero attached hydrogens (tertiary/aromatic N) is 1. The maximum Gasteiger partial charge on any atom is 0.0598 e.